The third kappa shape index (κ3) is 5.20. The molecule has 0 spiro atoms. The molecule has 0 fully saturated rings. The summed E-state index contributed by atoms with van der Waals surface area (Å²) in [6.07, 6.45) is 1.77. The van der Waals surface area contributed by atoms with Crippen LogP contribution < -0.4 is 10.6 Å². The smallest absolute Gasteiger partial charge is 0.315 e. The van der Waals surface area contributed by atoms with Crippen molar-refractivity contribution in [3.63, 3.8) is 0 Å². The van der Waals surface area contributed by atoms with Crippen LogP contribution in [0.15, 0.2) is 54.6 Å². The first kappa shape index (κ1) is 16.0. The van der Waals surface area contributed by atoms with E-state index < -0.39 is 0 Å². The average Bonchev–Trinajstić information content (AvgIpc) is 2.53. The maximum absolute atomic E-state index is 13.4. The predicted octanol–water partition coefficient (Wildman–Crippen LogP) is 3.65. The molecule has 22 heavy (non-hydrogen) atoms. The fraction of sp³-hybridized carbons (Fsp3) is 0.278. The van der Waals surface area contributed by atoms with Gasteiger partial charge in [-0.25, -0.2) is 9.18 Å². The number of hydrogen-bond donors (Lipinski definition) is 2. The van der Waals surface area contributed by atoms with Gasteiger partial charge in [-0.3, -0.25) is 0 Å². The van der Waals surface area contributed by atoms with Gasteiger partial charge >= 0.3 is 6.03 Å². The zero-order chi connectivity index (χ0) is 15.8. The van der Waals surface area contributed by atoms with E-state index in [-0.39, 0.29) is 24.4 Å². The summed E-state index contributed by atoms with van der Waals surface area (Å²) in [5.74, 6) is -0.306. The number of nitrogens with one attached hydrogen (secondary N) is 2. The summed E-state index contributed by atoms with van der Waals surface area (Å²) in [7, 11) is 0. The van der Waals surface area contributed by atoms with Gasteiger partial charge < -0.3 is 10.6 Å². The first-order chi connectivity index (χ1) is 10.6. The number of carbonyl (C=O) groups is 1. The first-order valence-corrected chi connectivity index (χ1v) is 7.47. The molecule has 116 valence electrons. The van der Waals surface area contributed by atoms with Gasteiger partial charge in [-0.05, 0) is 31.4 Å². The van der Waals surface area contributed by atoms with E-state index in [1.165, 1.54) is 11.6 Å². The van der Waals surface area contributed by atoms with Gasteiger partial charge in [0.05, 0.1) is 0 Å². The normalized spacial score (nSPS) is 11.7. The lowest BCUT2D eigenvalue weighted by Crippen LogP contribution is -2.40. The molecule has 3 nitrogen and oxygen atoms in total. The van der Waals surface area contributed by atoms with Gasteiger partial charge in [0, 0.05) is 18.2 Å². The molecule has 0 aliphatic heterocycles. The molecule has 0 aliphatic rings. The summed E-state index contributed by atoms with van der Waals surface area (Å²) in [5.41, 5.74) is 1.73. The highest BCUT2D eigenvalue weighted by Crippen LogP contribution is 2.06. The Balaban J connectivity index is 1.71. The van der Waals surface area contributed by atoms with Gasteiger partial charge in [0.1, 0.15) is 5.82 Å². The number of carbonyl (C=O) groups excluding carboxylic acids is 1. The number of rotatable bonds is 6. The zero-order valence-corrected chi connectivity index (χ0v) is 12.7. The fourth-order valence-electron chi connectivity index (χ4n) is 2.19. The lowest BCUT2D eigenvalue weighted by molar-refractivity contribution is 0.236. The number of halogens is 1. The molecule has 0 heterocycles. The lowest BCUT2D eigenvalue weighted by Gasteiger charge is -2.15. The molecular formula is C18H21FN2O. The zero-order valence-electron chi connectivity index (χ0n) is 12.7. The molecule has 1 atom stereocenters. The number of hydrogen-bond acceptors (Lipinski definition) is 1. The molecule has 2 N–H and O–H groups in total. The summed E-state index contributed by atoms with van der Waals surface area (Å²) >= 11 is 0. The molecule has 0 saturated carbocycles. The number of aryl methyl sites for hydroxylation is 1. The van der Waals surface area contributed by atoms with Gasteiger partial charge in [-0.2, -0.15) is 0 Å². The second-order valence-corrected chi connectivity index (χ2v) is 5.34. The van der Waals surface area contributed by atoms with Crippen LogP contribution in [-0.4, -0.2) is 12.1 Å². The van der Waals surface area contributed by atoms with Gasteiger partial charge in [-0.15, -0.1) is 0 Å². The quantitative estimate of drug-likeness (QED) is 0.840. The fourth-order valence-corrected chi connectivity index (χ4v) is 2.19. The van der Waals surface area contributed by atoms with Crippen LogP contribution in [0, 0.1) is 5.82 Å². The van der Waals surface area contributed by atoms with E-state index >= 15 is 0 Å². The Kier molecular flexibility index (Phi) is 5.95. The molecule has 0 radical (unpaired) electrons. The van der Waals surface area contributed by atoms with E-state index in [2.05, 4.69) is 22.8 Å². The maximum atomic E-state index is 13.4. The summed E-state index contributed by atoms with van der Waals surface area (Å²) < 4.78 is 13.4. The Bertz CT molecular complexity index is 601. The molecule has 4 heteroatoms. The molecule has 0 aliphatic carbocycles. The molecule has 0 aromatic heterocycles. The second-order valence-electron chi connectivity index (χ2n) is 5.34. The highest BCUT2D eigenvalue weighted by Gasteiger charge is 2.08. The van der Waals surface area contributed by atoms with Crippen molar-refractivity contribution >= 4 is 6.03 Å². The summed E-state index contributed by atoms with van der Waals surface area (Å²) in [5, 5.41) is 5.55. The third-order valence-corrected chi connectivity index (χ3v) is 3.48. The minimum absolute atomic E-state index is 0.0563. The van der Waals surface area contributed by atoms with Gasteiger partial charge in [-0.1, -0.05) is 48.5 Å². The van der Waals surface area contributed by atoms with Crippen molar-refractivity contribution in [2.75, 3.05) is 0 Å². The summed E-state index contributed by atoms with van der Waals surface area (Å²) in [4.78, 5) is 11.8. The Morgan fingerprint density at radius 1 is 1.09 bits per heavy atom. The molecule has 0 saturated heterocycles. The van der Waals surface area contributed by atoms with Crippen molar-refractivity contribution < 1.29 is 9.18 Å². The van der Waals surface area contributed by atoms with E-state index in [4.69, 9.17) is 0 Å². The summed E-state index contributed by atoms with van der Waals surface area (Å²) in [6, 6.07) is 16.4. The van der Waals surface area contributed by atoms with Crippen molar-refractivity contribution in [2.45, 2.75) is 32.4 Å². The Hall–Kier alpha value is -2.36. The molecular weight excluding hydrogens is 279 g/mol. The summed E-state index contributed by atoms with van der Waals surface area (Å²) in [6.45, 7) is 2.15. The monoisotopic (exact) mass is 300 g/mol. The van der Waals surface area contributed by atoms with E-state index in [1.54, 1.807) is 18.2 Å². The minimum atomic E-state index is -0.306. The topological polar surface area (TPSA) is 41.1 Å². The van der Waals surface area contributed by atoms with Crippen LogP contribution in [0.3, 0.4) is 0 Å². The van der Waals surface area contributed by atoms with Crippen LogP contribution >= 0.6 is 0 Å². The predicted molar refractivity (Wildman–Crippen MR) is 86.0 cm³/mol. The molecule has 2 rings (SSSR count). The van der Waals surface area contributed by atoms with Crippen LogP contribution in [-0.2, 0) is 13.0 Å². The molecule has 0 bridgehead atoms. The highest BCUT2D eigenvalue weighted by molar-refractivity contribution is 5.74. The maximum Gasteiger partial charge on any atom is 0.315 e. The van der Waals surface area contributed by atoms with Gasteiger partial charge in [0.2, 0.25) is 0 Å². The van der Waals surface area contributed by atoms with Crippen molar-refractivity contribution in [3.05, 3.63) is 71.5 Å². The largest absolute Gasteiger partial charge is 0.336 e. The second kappa shape index (κ2) is 8.17. The number of benzene rings is 2. The first-order valence-electron chi connectivity index (χ1n) is 7.47. The number of amides is 2. The minimum Gasteiger partial charge on any atom is -0.336 e. The highest BCUT2D eigenvalue weighted by atomic mass is 19.1. The third-order valence-electron chi connectivity index (χ3n) is 3.48. The van der Waals surface area contributed by atoms with E-state index in [1.807, 2.05) is 25.1 Å². The molecule has 2 aromatic carbocycles. The van der Waals surface area contributed by atoms with Crippen LogP contribution in [0.4, 0.5) is 9.18 Å². The molecule has 2 amide bonds. The standard InChI is InChI=1S/C18H21FN2O/c1-14(11-12-15-7-3-2-4-8-15)21-18(22)20-13-16-9-5-6-10-17(16)19/h2-10,14H,11-13H2,1H3,(H2,20,21,22)/t14-/m1/s1. The Morgan fingerprint density at radius 2 is 1.77 bits per heavy atom. The van der Waals surface area contributed by atoms with Crippen molar-refractivity contribution in [1.82, 2.24) is 10.6 Å². The van der Waals surface area contributed by atoms with E-state index in [9.17, 15) is 9.18 Å². The Morgan fingerprint density at radius 3 is 2.50 bits per heavy atom. The SMILES string of the molecule is C[C@H](CCc1ccccc1)NC(=O)NCc1ccccc1F. The van der Waals surface area contributed by atoms with E-state index in [0.717, 1.165) is 12.8 Å². The van der Waals surface area contributed by atoms with Crippen molar-refractivity contribution in [3.8, 4) is 0 Å². The lowest BCUT2D eigenvalue weighted by atomic mass is 10.1. The number of urea groups is 1. The van der Waals surface area contributed by atoms with Crippen molar-refractivity contribution in [1.29, 1.82) is 0 Å². The van der Waals surface area contributed by atoms with Crippen LogP contribution in [0.2, 0.25) is 0 Å². The average molecular weight is 300 g/mol. The van der Waals surface area contributed by atoms with Gasteiger partial charge in [0.25, 0.3) is 0 Å². The van der Waals surface area contributed by atoms with Gasteiger partial charge in [0.15, 0.2) is 0 Å². The van der Waals surface area contributed by atoms with Crippen LogP contribution in [0.5, 0.6) is 0 Å². The van der Waals surface area contributed by atoms with Crippen molar-refractivity contribution in [2.24, 2.45) is 0 Å². The Labute approximate surface area is 130 Å². The van der Waals surface area contributed by atoms with Crippen LogP contribution in [0.1, 0.15) is 24.5 Å². The molecule has 2 aromatic rings. The van der Waals surface area contributed by atoms with E-state index in [0.29, 0.717) is 5.56 Å². The molecule has 0 unspecified atom stereocenters. The van der Waals surface area contributed by atoms with Crippen LogP contribution in [0.25, 0.3) is 0 Å².